The average Bonchev–Trinajstić information content (AvgIpc) is 2.75. The van der Waals surface area contributed by atoms with Crippen molar-refractivity contribution in [3.8, 4) is 22.4 Å². The molecule has 1 heterocycles. The summed E-state index contributed by atoms with van der Waals surface area (Å²) in [6.07, 6.45) is 0.755. The SMILES string of the molecule is CC(=O)c1c(-c2ccc(Cl)cc2)c(-c2ccc(Cl)cc2)nn(CCCC(C)(C)C(=O)O)c1=O. The van der Waals surface area contributed by atoms with Crippen molar-refractivity contribution in [2.45, 2.75) is 40.2 Å². The number of Topliss-reactive ketones (excluding diaryl/α,β-unsaturated/α-hetero) is 1. The third-order valence-electron chi connectivity index (χ3n) is 5.51. The Kier molecular flexibility index (Phi) is 7.40. The smallest absolute Gasteiger partial charge is 0.309 e. The van der Waals surface area contributed by atoms with Crippen LogP contribution in [0, 0.1) is 5.41 Å². The summed E-state index contributed by atoms with van der Waals surface area (Å²) in [6.45, 7) is 4.79. The van der Waals surface area contributed by atoms with E-state index in [0.29, 0.717) is 45.3 Å². The molecular weight excluding hydrogens is 463 g/mol. The van der Waals surface area contributed by atoms with Gasteiger partial charge in [-0.2, -0.15) is 5.10 Å². The second-order valence-electron chi connectivity index (χ2n) is 8.49. The van der Waals surface area contributed by atoms with Crippen molar-refractivity contribution in [1.82, 2.24) is 9.78 Å². The summed E-state index contributed by atoms with van der Waals surface area (Å²) in [5.74, 6) is -1.30. The van der Waals surface area contributed by atoms with E-state index in [0.717, 1.165) is 0 Å². The van der Waals surface area contributed by atoms with Crippen molar-refractivity contribution in [3.05, 3.63) is 74.5 Å². The standard InChI is InChI=1S/C25H24Cl2N2O4/c1-15(30)20-21(16-5-9-18(26)10-6-16)22(17-7-11-19(27)12-8-17)28-29(23(20)31)14-4-13-25(2,3)24(32)33/h5-12H,4,13-14H2,1-3H3,(H,32,33). The Labute approximate surface area is 201 Å². The van der Waals surface area contributed by atoms with Crippen molar-refractivity contribution in [2.75, 3.05) is 0 Å². The molecule has 8 heteroatoms. The van der Waals surface area contributed by atoms with Crippen molar-refractivity contribution in [3.63, 3.8) is 0 Å². The molecule has 0 amide bonds. The molecule has 0 aliphatic carbocycles. The second kappa shape index (κ2) is 9.89. The van der Waals surface area contributed by atoms with Crippen LogP contribution in [0.3, 0.4) is 0 Å². The van der Waals surface area contributed by atoms with E-state index >= 15 is 0 Å². The zero-order valence-electron chi connectivity index (χ0n) is 18.6. The topological polar surface area (TPSA) is 89.3 Å². The Bertz CT molecular complexity index is 1250. The average molecular weight is 487 g/mol. The first-order chi connectivity index (χ1) is 15.5. The molecule has 3 rings (SSSR count). The molecule has 6 nitrogen and oxygen atoms in total. The minimum absolute atomic E-state index is 0.0229. The fourth-order valence-corrected chi connectivity index (χ4v) is 3.79. The van der Waals surface area contributed by atoms with Crippen LogP contribution >= 0.6 is 23.2 Å². The molecule has 0 atom stereocenters. The zero-order valence-corrected chi connectivity index (χ0v) is 20.1. The summed E-state index contributed by atoms with van der Waals surface area (Å²) < 4.78 is 1.25. The lowest BCUT2D eigenvalue weighted by Crippen LogP contribution is -2.31. The van der Waals surface area contributed by atoms with Crippen molar-refractivity contribution >= 4 is 35.0 Å². The van der Waals surface area contributed by atoms with Crippen molar-refractivity contribution in [1.29, 1.82) is 0 Å². The number of halogens is 2. The number of aliphatic carboxylic acids is 1. The first kappa shape index (κ1) is 24.7. The van der Waals surface area contributed by atoms with Gasteiger partial charge in [-0.15, -0.1) is 0 Å². The van der Waals surface area contributed by atoms with E-state index in [1.807, 2.05) is 0 Å². The summed E-state index contributed by atoms with van der Waals surface area (Å²) in [6, 6.07) is 13.8. The maximum absolute atomic E-state index is 13.3. The van der Waals surface area contributed by atoms with Gasteiger partial charge in [0.05, 0.1) is 16.7 Å². The predicted molar refractivity (Wildman–Crippen MR) is 130 cm³/mol. The number of carbonyl (C=O) groups is 2. The number of aromatic nitrogens is 2. The van der Waals surface area contributed by atoms with Gasteiger partial charge in [-0.1, -0.05) is 47.5 Å². The highest BCUT2D eigenvalue weighted by Crippen LogP contribution is 2.33. The number of ketones is 1. The molecular formula is C25H24Cl2N2O4. The molecule has 0 saturated carbocycles. The van der Waals surface area contributed by atoms with Crippen LogP contribution in [0.2, 0.25) is 10.0 Å². The normalized spacial score (nSPS) is 11.4. The number of nitrogens with zero attached hydrogens (tertiary/aromatic N) is 2. The van der Waals surface area contributed by atoms with Gasteiger partial charge in [0.15, 0.2) is 5.78 Å². The quantitative estimate of drug-likeness (QED) is 0.395. The molecule has 0 aliphatic rings. The van der Waals surface area contributed by atoms with Crippen LogP contribution in [0.4, 0.5) is 0 Å². The largest absolute Gasteiger partial charge is 0.481 e. The van der Waals surface area contributed by atoms with Gasteiger partial charge in [0, 0.05) is 27.7 Å². The number of hydrogen-bond acceptors (Lipinski definition) is 4. The maximum Gasteiger partial charge on any atom is 0.309 e. The first-order valence-corrected chi connectivity index (χ1v) is 11.2. The van der Waals surface area contributed by atoms with Gasteiger partial charge in [-0.05, 0) is 63.4 Å². The van der Waals surface area contributed by atoms with Crippen LogP contribution in [0.1, 0.15) is 44.0 Å². The Morgan fingerprint density at radius 3 is 1.97 bits per heavy atom. The molecule has 1 N–H and O–H groups in total. The number of carbonyl (C=O) groups excluding carboxylic acids is 1. The van der Waals surface area contributed by atoms with E-state index in [1.165, 1.54) is 11.6 Å². The lowest BCUT2D eigenvalue weighted by Gasteiger charge is -2.20. The molecule has 0 saturated heterocycles. The molecule has 2 aromatic carbocycles. The van der Waals surface area contributed by atoms with Crippen LogP contribution < -0.4 is 5.56 Å². The van der Waals surface area contributed by atoms with E-state index in [4.69, 9.17) is 23.2 Å². The second-order valence-corrected chi connectivity index (χ2v) is 9.36. The number of carboxylic acid groups (broad SMARTS) is 1. The van der Waals surface area contributed by atoms with Gasteiger partial charge in [0.2, 0.25) is 0 Å². The van der Waals surface area contributed by atoms with Crippen LogP contribution in [-0.4, -0.2) is 26.6 Å². The summed E-state index contributed by atoms with van der Waals surface area (Å²) >= 11 is 12.1. The van der Waals surface area contributed by atoms with Crippen LogP contribution in [0.25, 0.3) is 22.4 Å². The van der Waals surface area contributed by atoms with E-state index in [-0.39, 0.29) is 17.9 Å². The molecule has 3 aromatic rings. The Balaban J connectivity index is 2.20. The molecule has 172 valence electrons. The number of benzene rings is 2. The van der Waals surface area contributed by atoms with E-state index in [1.54, 1.807) is 62.4 Å². The number of carboxylic acids is 1. The van der Waals surface area contributed by atoms with E-state index in [9.17, 15) is 19.5 Å². The minimum atomic E-state index is -0.935. The maximum atomic E-state index is 13.3. The highest BCUT2D eigenvalue weighted by molar-refractivity contribution is 6.31. The fraction of sp³-hybridized carbons (Fsp3) is 0.280. The third-order valence-corrected chi connectivity index (χ3v) is 6.01. The highest BCUT2D eigenvalue weighted by Gasteiger charge is 2.27. The molecule has 0 bridgehead atoms. The summed E-state index contributed by atoms with van der Waals surface area (Å²) in [5, 5.41) is 15.0. The molecule has 0 unspecified atom stereocenters. The van der Waals surface area contributed by atoms with Crippen LogP contribution in [-0.2, 0) is 11.3 Å². The lowest BCUT2D eigenvalue weighted by atomic mass is 9.88. The Morgan fingerprint density at radius 1 is 0.970 bits per heavy atom. The molecule has 1 aromatic heterocycles. The van der Waals surface area contributed by atoms with E-state index in [2.05, 4.69) is 5.10 Å². The van der Waals surface area contributed by atoms with Gasteiger partial charge >= 0.3 is 5.97 Å². The molecule has 33 heavy (non-hydrogen) atoms. The van der Waals surface area contributed by atoms with E-state index < -0.39 is 16.9 Å². The summed E-state index contributed by atoms with van der Waals surface area (Å²) in [5.41, 5.74) is 0.776. The highest BCUT2D eigenvalue weighted by atomic mass is 35.5. The number of rotatable bonds is 8. The molecule has 0 radical (unpaired) electrons. The first-order valence-electron chi connectivity index (χ1n) is 10.4. The predicted octanol–water partition coefficient (Wildman–Crippen LogP) is 5.98. The van der Waals surface area contributed by atoms with Crippen LogP contribution in [0.5, 0.6) is 0 Å². The van der Waals surface area contributed by atoms with Gasteiger partial charge in [0.1, 0.15) is 0 Å². The third kappa shape index (κ3) is 5.52. The Morgan fingerprint density at radius 2 is 1.48 bits per heavy atom. The van der Waals surface area contributed by atoms with Gasteiger partial charge < -0.3 is 5.11 Å². The molecule has 0 fully saturated rings. The fourth-order valence-electron chi connectivity index (χ4n) is 3.53. The monoisotopic (exact) mass is 486 g/mol. The number of aryl methyl sites for hydroxylation is 1. The molecule has 0 aliphatic heterocycles. The van der Waals surface area contributed by atoms with Gasteiger partial charge in [0.25, 0.3) is 5.56 Å². The van der Waals surface area contributed by atoms with Gasteiger partial charge in [-0.3, -0.25) is 14.4 Å². The lowest BCUT2D eigenvalue weighted by molar-refractivity contribution is -0.147. The van der Waals surface area contributed by atoms with Crippen LogP contribution in [0.15, 0.2) is 53.3 Å². The Hall–Kier alpha value is -2.96. The minimum Gasteiger partial charge on any atom is -0.481 e. The zero-order chi connectivity index (χ0) is 24.3. The van der Waals surface area contributed by atoms with Crippen molar-refractivity contribution in [2.24, 2.45) is 5.41 Å². The molecule has 0 spiro atoms. The summed E-state index contributed by atoms with van der Waals surface area (Å²) in [4.78, 5) is 37.4. The number of hydrogen-bond donors (Lipinski definition) is 1. The van der Waals surface area contributed by atoms with Gasteiger partial charge in [-0.25, -0.2) is 4.68 Å². The van der Waals surface area contributed by atoms with Crippen molar-refractivity contribution < 1.29 is 14.7 Å². The summed E-state index contributed by atoms with van der Waals surface area (Å²) in [7, 11) is 0.